The molecule has 0 aliphatic carbocycles. The number of aromatic nitrogens is 2. The Morgan fingerprint density at radius 1 is 1.37 bits per heavy atom. The van der Waals surface area contributed by atoms with Gasteiger partial charge in [-0.05, 0) is 25.2 Å². The molecule has 0 saturated heterocycles. The number of hydrogen-bond donors (Lipinski definition) is 0. The van der Waals surface area contributed by atoms with E-state index in [1.165, 1.54) is 11.5 Å². The van der Waals surface area contributed by atoms with Crippen LogP contribution in [-0.2, 0) is 6.54 Å². The van der Waals surface area contributed by atoms with Crippen molar-refractivity contribution in [2.45, 2.75) is 6.54 Å². The third kappa shape index (κ3) is 4.62. The van der Waals surface area contributed by atoms with Gasteiger partial charge >= 0.3 is 0 Å². The van der Waals surface area contributed by atoms with Gasteiger partial charge in [-0.3, -0.25) is 4.90 Å². The molecule has 0 spiro atoms. The summed E-state index contributed by atoms with van der Waals surface area (Å²) in [5.41, 5.74) is 0.803. The minimum atomic E-state index is 0.575. The molecule has 0 fully saturated rings. The number of halogens is 2. The zero-order valence-corrected chi connectivity index (χ0v) is 12.7. The second-order valence-corrected chi connectivity index (χ2v) is 5.83. The largest absolute Gasteiger partial charge is 0.492 e. The molecule has 0 unspecified atom stereocenters. The molecule has 0 aliphatic rings. The highest BCUT2D eigenvalue weighted by Crippen LogP contribution is 2.19. The second-order valence-electron chi connectivity index (χ2n) is 4.04. The fourth-order valence-corrected chi connectivity index (χ4v) is 2.29. The minimum absolute atomic E-state index is 0.575. The normalized spacial score (nSPS) is 10.9. The van der Waals surface area contributed by atoms with Gasteiger partial charge in [-0.1, -0.05) is 33.8 Å². The first-order chi connectivity index (χ1) is 9.15. The summed E-state index contributed by atoms with van der Waals surface area (Å²) >= 11 is 13.0. The molecule has 0 saturated carbocycles. The molecular formula is C12H13Cl2N3OS. The maximum atomic E-state index is 5.95. The molecule has 0 radical (unpaired) electrons. The maximum absolute atomic E-state index is 5.95. The second kappa shape index (κ2) is 7.05. The van der Waals surface area contributed by atoms with Crippen molar-refractivity contribution in [3.63, 3.8) is 0 Å². The van der Waals surface area contributed by atoms with Crippen molar-refractivity contribution in [2.75, 3.05) is 20.2 Å². The average molecular weight is 318 g/mol. The highest BCUT2D eigenvalue weighted by atomic mass is 35.5. The lowest BCUT2D eigenvalue weighted by Gasteiger charge is -2.15. The number of ether oxygens (including phenoxy) is 1. The first kappa shape index (κ1) is 14.5. The Bertz CT molecular complexity index is 535. The number of benzene rings is 1. The number of rotatable bonds is 6. The molecule has 0 aliphatic heterocycles. The summed E-state index contributed by atoms with van der Waals surface area (Å²) in [6.07, 6.45) is 0. The van der Waals surface area contributed by atoms with E-state index in [1.807, 2.05) is 25.2 Å². The minimum Gasteiger partial charge on any atom is -0.492 e. The molecule has 7 heteroatoms. The standard InChI is InChI=1S/C12H13Cl2N3OS/c1-17(8-11-12(14)19-16-15-11)5-6-18-10-4-2-3-9(13)7-10/h2-4,7H,5-6,8H2,1H3. The van der Waals surface area contributed by atoms with Crippen LogP contribution in [0.2, 0.25) is 9.36 Å². The summed E-state index contributed by atoms with van der Waals surface area (Å²) in [5, 5.41) is 4.64. The van der Waals surface area contributed by atoms with Crippen LogP contribution in [-0.4, -0.2) is 34.7 Å². The molecule has 0 amide bonds. The Labute approximate surface area is 126 Å². The van der Waals surface area contributed by atoms with E-state index < -0.39 is 0 Å². The third-order valence-corrected chi connectivity index (χ3v) is 3.69. The van der Waals surface area contributed by atoms with E-state index in [0.29, 0.717) is 22.5 Å². The predicted molar refractivity (Wildman–Crippen MR) is 78.2 cm³/mol. The Kier molecular flexibility index (Phi) is 5.39. The van der Waals surface area contributed by atoms with Gasteiger partial charge < -0.3 is 4.74 Å². The van der Waals surface area contributed by atoms with Crippen molar-refractivity contribution in [3.8, 4) is 5.75 Å². The van der Waals surface area contributed by atoms with Crippen molar-refractivity contribution in [1.29, 1.82) is 0 Å². The van der Waals surface area contributed by atoms with Crippen LogP contribution in [0.3, 0.4) is 0 Å². The lowest BCUT2D eigenvalue weighted by atomic mass is 10.3. The molecule has 1 aromatic carbocycles. The fourth-order valence-electron chi connectivity index (χ4n) is 1.50. The van der Waals surface area contributed by atoms with Crippen LogP contribution in [0.15, 0.2) is 24.3 Å². The smallest absolute Gasteiger partial charge is 0.138 e. The van der Waals surface area contributed by atoms with Gasteiger partial charge in [-0.2, -0.15) is 0 Å². The first-order valence-corrected chi connectivity index (χ1v) is 7.21. The topological polar surface area (TPSA) is 38.2 Å². The predicted octanol–water partition coefficient (Wildman–Crippen LogP) is 3.36. The summed E-state index contributed by atoms with van der Waals surface area (Å²) in [7, 11) is 1.98. The van der Waals surface area contributed by atoms with Crippen LogP contribution in [0.25, 0.3) is 0 Å². The Morgan fingerprint density at radius 3 is 2.89 bits per heavy atom. The van der Waals surface area contributed by atoms with E-state index in [-0.39, 0.29) is 0 Å². The monoisotopic (exact) mass is 317 g/mol. The Balaban J connectivity index is 1.75. The van der Waals surface area contributed by atoms with E-state index in [1.54, 1.807) is 6.07 Å². The lowest BCUT2D eigenvalue weighted by Crippen LogP contribution is -2.24. The van der Waals surface area contributed by atoms with E-state index in [2.05, 4.69) is 14.5 Å². The van der Waals surface area contributed by atoms with Gasteiger partial charge in [-0.15, -0.1) is 5.10 Å². The van der Waals surface area contributed by atoms with Crippen molar-refractivity contribution in [2.24, 2.45) is 0 Å². The highest BCUT2D eigenvalue weighted by Gasteiger charge is 2.08. The average Bonchev–Trinajstić information content (AvgIpc) is 2.75. The van der Waals surface area contributed by atoms with Crippen molar-refractivity contribution in [1.82, 2.24) is 14.5 Å². The quantitative estimate of drug-likeness (QED) is 0.819. The van der Waals surface area contributed by atoms with Crippen LogP contribution in [0, 0.1) is 0 Å². The molecule has 102 valence electrons. The molecule has 2 rings (SSSR count). The molecule has 0 bridgehead atoms. The summed E-state index contributed by atoms with van der Waals surface area (Å²) in [6.45, 7) is 2.00. The number of likely N-dealkylation sites (N-methyl/N-ethyl adjacent to an activating group) is 1. The Morgan fingerprint density at radius 2 is 2.21 bits per heavy atom. The molecule has 1 aromatic heterocycles. The van der Waals surface area contributed by atoms with Crippen LogP contribution >= 0.6 is 34.7 Å². The van der Waals surface area contributed by atoms with Crippen molar-refractivity contribution in [3.05, 3.63) is 39.3 Å². The molecule has 0 N–H and O–H groups in total. The van der Waals surface area contributed by atoms with E-state index in [4.69, 9.17) is 27.9 Å². The Hall–Kier alpha value is -0.880. The zero-order valence-electron chi connectivity index (χ0n) is 10.3. The van der Waals surface area contributed by atoms with Gasteiger partial charge in [0.25, 0.3) is 0 Å². The zero-order chi connectivity index (χ0) is 13.7. The molecule has 2 aromatic rings. The molecule has 1 heterocycles. The highest BCUT2D eigenvalue weighted by molar-refractivity contribution is 7.10. The SMILES string of the molecule is CN(CCOc1cccc(Cl)c1)Cc1nnsc1Cl. The number of nitrogens with zero attached hydrogens (tertiary/aromatic N) is 3. The van der Waals surface area contributed by atoms with Crippen LogP contribution in [0.4, 0.5) is 0 Å². The van der Waals surface area contributed by atoms with Gasteiger partial charge in [0.1, 0.15) is 22.4 Å². The van der Waals surface area contributed by atoms with Crippen molar-refractivity contribution >= 4 is 34.7 Å². The van der Waals surface area contributed by atoms with Crippen LogP contribution in [0.1, 0.15) is 5.69 Å². The van der Waals surface area contributed by atoms with Gasteiger partial charge in [0.05, 0.1) is 0 Å². The molecule has 0 atom stereocenters. The summed E-state index contributed by atoms with van der Waals surface area (Å²) in [4.78, 5) is 2.08. The molecule has 19 heavy (non-hydrogen) atoms. The van der Waals surface area contributed by atoms with Crippen LogP contribution < -0.4 is 4.74 Å². The summed E-state index contributed by atoms with van der Waals surface area (Å²) < 4.78 is 10.1. The molecule has 4 nitrogen and oxygen atoms in total. The summed E-state index contributed by atoms with van der Waals surface area (Å²) in [5.74, 6) is 0.772. The van der Waals surface area contributed by atoms with E-state index >= 15 is 0 Å². The fraction of sp³-hybridized carbons (Fsp3) is 0.333. The van der Waals surface area contributed by atoms with Crippen molar-refractivity contribution < 1.29 is 4.74 Å². The van der Waals surface area contributed by atoms with E-state index in [0.717, 1.165) is 18.0 Å². The van der Waals surface area contributed by atoms with Crippen LogP contribution in [0.5, 0.6) is 5.75 Å². The summed E-state index contributed by atoms with van der Waals surface area (Å²) in [6, 6.07) is 7.36. The maximum Gasteiger partial charge on any atom is 0.138 e. The van der Waals surface area contributed by atoms with Gasteiger partial charge in [0, 0.05) is 29.6 Å². The third-order valence-electron chi connectivity index (χ3n) is 2.47. The molecular weight excluding hydrogens is 305 g/mol. The first-order valence-electron chi connectivity index (χ1n) is 5.69. The van der Waals surface area contributed by atoms with Gasteiger partial charge in [-0.25, -0.2) is 0 Å². The lowest BCUT2D eigenvalue weighted by molar-refractivity contribution is 0.231. The van der Waals surface area contributed by atoms with Gasteiger partial charge in [0.2, 0.25) is 0 Å². The number of hydrogen-bond acceptors (Lipinski definition) is 5. The van der Waals surface area contributed by atoms with E-state index in [9.17, 15) is 0 Å². The van der Waals surface area contributed by atoms with Gasteiger partial charge in [0.15, 0.2) is 0 Å².